The molecule has 1 aliphatic rings. The molecule has 0 bridgehead atoms. The van der Waals surface area contributed by atoms with Gasteiger partial charge in [-0.2, -0.15) is 0 Å². The van der Waals surface area contributed by atoms with E-state index in [1.807, 2.05) is 24.3 Å². The van der Waals surface area contributed by atoms with Gasteiger partial charge in [0, 0.05) is 16.7 Å². The summed E-state index contributed by atoms with van der Waals surface area (Å²) < 4.78 is 11.2. The molecule has 0 saturated heterocycles. The van der Waals surface area contributed by atoms with Crippen molar-refractivity contribution in [2.75, 3.05) is 13.2 Å². The Balaban J connectivity index is 1.40. The minimum absolute atomic E-state index is 0.222. The van der Waals surface area contributed by atoms with Crippen molar-refractivity contribution in [1.82, 2.24) is 0 Å². The maximum atomic E-state index is 9.66. The molecule has 5 heteroatoms. The fraction of sp³-hybridized carbons (Fsp3) is 0.240. The highest BCUT2D eigenvalue weighted by Crippen LogP contribution is 2.32. The van der Waals surface area contributed by atoms with Gasteiger partial charge in [-0.3, -0.25) is 0 Å². The maximum Gasteiger partial charge on any atom is 0.259 e. The molecule has 3 aromatic rings. The molecule has 0 saturated carbocycles. The number of aryl methyl sites for hydroxylation is 1. The maximum absolute atomic E-state index is 9.66. The van der Waals surface area contributed by atoms with Gasteiger partial charge in [0.1, 0.15) is 12.4 Å². The van der Waals surface area contributed by atoms with Crippen LogP contribution in [0.5, 0.6) is 5.75 Å². The molecule has 1 heterocycles. The lowest BCUT2D eigenvalue weighted by atomic mass is 10.0. The molecule has 4 nitrogen and oxygen atoms in total. The number of ether oxygens (including phenoxy) is 2. The molecule has 1 atom stereocenters. The van der Waals surface area contributed by atoms with E-state index in [0.29, 0.717) is 11.6 Å². The highest BCUT2D eigenvalue weighted by molar-refractivity contribution is 7.99. The summed E-state index contributed by atoms with van der Waals surface area (Å²) in [5.41, 5.74) is 2.77. The van der Waals surface area contributed by atoms with Crippen molar-refractivity contribution >= 4 is 17.7 Å². The number of hydrogen-bond donors (Lipinski definition) is 1. The van der Waals surface area contributed by atoms with Crippen LogP contribution >= 0.6 is 11.8 Å². The van der Waals surface area contributed by atoms with E-state index in [2.05, 4.69) is 60.4 Å². The third-order valence-corrected chi connectivity index (χ3v) is 6.05. The van der Waals surface area contributed by atoms with E-state index in [1.165, 1.54) is 21.6 Å². The quantitative estimate of drug-likeness (QED) is 0.543. The first kappa shape index (κ1) is 20.5. The molecular weight excluding hydrogens is 394 g/mol. The Kier molecular flexibility index (Phi) is 6.11. The smallest absolute Gasteiger partial charge is 0.259 e. The first-order valence-corrected chi connectivity index (χ1v) is 10.9. The van der Waals surface area contributed by atoms with Crippen LogP contribution in [0.25, 0.3) is 11.1 Å². The highest BCUT2D eigenvalue weighted by atomic mass is 32.2. The van der Waals surface area contributed by atoms with Crippen LogP contribution in [-0.2, 0) is 11.2 Å². The van der Waals surface area contributed by atoms with Crippen LogP contribution in [0.3, 0.4) is 0 Å². The lowest BCUT2D eigenvalue weighted by molar-refractivity contribution is -0.00264. The summed E-state index contributed by atoms with van der Waals surface area (Å²) in [5.74, 6) is 1.18. The zero-order valence-electron chi connectivity index (χ0n) is 17.2. The number of nitrogens with zero attached hydrogens (tertiary/aromatic N) is 1. The molecule has 0 radical (unpaired) electrons. The number of aliphatic imine (C=N–C) groups is 1. The largest absolute Gasteiger partial charge is 0.475 e. The third kappa shape index (κ3) is 4.69. The van der Waals surface area contributed by atoms with E-state index in [1.54, 1.807) is 18.7 Å². The topological polar surface area (TPSA) is 51.0 Å². The van der Waals surface area contributed by atoms with Crippen molar-refractivity contribution in [3.8, 4) is 16.9 Å². The van der Waals surface area contributed by atoms with Gasteiger partial charge in [0.25, 0.3) is 5.72 Å². The fourth-order valence-corrected chi connectivity index (χ4v) is 4.13. The molecule has 30 heavy (non-hydrogen) atoms. The van der Waals surface area contributed by atoms with Gasteiger partial charge >= 0.3 is 0 Å². The van der Waals surface area contributed by atoms with Crippen molar-refractivity contribution in [2.45, 2.75) is 35.8 Å². The first-order chi connectivity index (χ1) is 14.6. The molecule has 1 aliphatic heterocycles. The molecule has 0 aliphatic carbocycles. The Hall–Kier alpha value is -2.76. The van der Waals surface area contributed by atoms with Crippen molar-refractivity contribution in [3.63, 3.8) is 0 Å². The lowest BCUT2D eigenvalue weighted by Gasteiger charge is -2.23. The monoisotopic (exact) mass is 419 g/mol. The summed E-state index contributed by atoms with van der Waals surface area (Å²) in [6.07, 6.45) is 1.06. The molecule has 1 unspecified atom stereocenters. The van der Waals surface area contributed by atoms with Crippen LogP contribution in [0.4, 0.5) is 0 Å². The molecule has 0 aromatic heterocycles. The van der Waals surface area contributed by atoms with Crippen LogP contribution in [-0.4, -0.2) is 29.9 Å². The standard InChI is InChI=1S/C25H25NO3S/c1-3-19-4-6-20(7-5-19)21-8-12-23(13-9-21)30-24-14-10-22(11-15-24)29-25(16-27)17-28-18(2)26-25/h4-15,27H,3,16-17H2,1-2H3. The van der Waals surface area contributed by atoms with Crippen molar-refractivity contribution in [1.29, 1.82) is 0 Å². The average molecular weight is 420 g/mol. The van der Waals surface area contributed by atoms with E-state index < -0.39 is 5.72 Å². The summed E-state index contributed by atoms with van der Waals surface area (Å²) in [6.45, 7) is 3.92. The van der Waals surface area contributed by atoms with E-state index in [0.717, 1.165) is 11.3 Å². The summed E-state index contributed by atoms with van der Waals surface area (Å²) in [5, 5.41) is 9.66. The van der Waals surface area contributed by atoms with Crippen molar-refractivity contribution in [2.24, 2.45) is 4.99 Å². The van der Waals surface area contributed by atoms with Gasteiger partial charge in [-0.15, -0.1) is 0 Å². The van der Waals surface area contributed by atoms with E-state index in [9.17, 15) is 5.11 Å². The van der Waals surface area contributed by atoms with Crippen LogP contribution < -0.4 is 4.74 Å². The minimum Gasteiger partial charge on any atom is -0.475 e. The van der Waals surface area contributed by atoms with Crippen molar-refractivity contribution in [3.05, 3.63) is 78.4 Å². The number of benzene rings is 3. The second-order valence-corrected chi connectivity index (χ2v) is 8.42. The molecule has 0 spiro atoms. The van der Waals surface area contributed by atoms with E-state index in [4.69, 9.17) is 9.47 Å². The predicted octanol–water partition coefficient (Wildman–Crippen LogP) is 5.58. The normalized spacial score (nSPS) is 18.0. The highest BCUT2D eigenvalue weighted by Gasteiger charge is 2.37. The molecule has 1 N–H and O–H groups in total. The number of rotatable bonds is 7. The minimum atomic E-state index is -1.04. The Morgan fingerprint density at radius 2 is 1.50 bits per heavy atom. The third-order valence-electron chi connectivity index (χ3n) is 5.03. The Bertz CT molecular complexity index is 1010. The summed E-state index contributed by atoms with van der Waals surface area (Å²) >= 11 is 1.70. The van der Waals surface area contributed by atoms with Crippen LogP contribution in [0, 0.1) is 0 Å². The summed E-state index contributed by atoms with van der Waals surface area (Å²) in [6, 6.07) is 25.2. The SMILES string of the molecule is CCc1ccc(-c2ccc(Sc3ccc(OC4(CO)COC(C)=N4)cc3)cc2)cc1. The summed E-state index contributed by atoms with van der Waals surface area (Å²) in [4.78, 5) is 6.57. The van der Waals surface area contributed by atoms with Gasteiger partial charge in [-0.05, 0) is 59.5 Å². The molecule has 0 amide bonds. The van der Waals surface area contributed by atoms with Crippen molar-refractivity contribution < 1.29 is 14.6 Å². The first-order valence-electron chi connectivity index (χ1n) is 10.1. The van der Waals surface area contributed by atoms with Gasteiger partial charge < -0.3 is 14.6 Å². The fourth-order valence-electron chi connectivity index (χ4n) is 3.31. The number of hydrogen-bond acceptors (Lipinski definition) is 5. The van der Waals surface area contributed by atoms with Gasteiger partial charge in [-0.1, -0.05) is 55.1 Å². The zero-order chi connectivity index (χ0) is 21.0. The lowest BCUT2D eigenvalue weighted by Crippen LogP contribution is -2.39. The Morgan fingerprint density at radius 1 is 0.933 bits per heavy atom. The van der Waals surface area contributed by atoms with E-state index in [-0.39, 0.29) is 13.2 Å². The molecule has 154 valence electrons. The second kappa shape index (κ2) is 8.94. The molecule has 4 rings (SSSR count). The molecular formula is C25H25NO3S. The van der Waals surface area contributed by atoms with Gasteiger partial charge in [0.05, 0.1) is 0 Å². The van der Waals surface area contributed by atoms with E-state index >= 15 is 0 Å². The molecule has 0 fully saturated rings. The Morgan fingerprint density at radius 3 is 2.00 bits per heavy atom. The second-order valence-electron chi connectivity index (χ2n) is 7.27. The van der Waals surface area contributed by atoms with Gasteiger partial charge in [0.15, 0.2) is 12.5 Å². The Labute approximate surface area is 181 Å². The predicted molar refractivity (Wildman–Crippen MR) is 121 cm³/mol. The number of aliphatic hydroxyl groups is 1. The summed E-state index contributed by atoms with van der Waals surface area (Å²) in [7, 11) is 0. The zero-order valence-corrected chi connectivity index (χ0v) is 18.0. The van der Waals surface area contributed by atoms with Gasteiger partial charge in [-0.25, -0.2) is 4.99 Å². The van der Waals surface area contributed by atoms with Gasteiger partial charge in [0.2, 0.25) is 0 Å². The van der Waals surface area contributed by atoms with Crippen LogP contribution in [0.1, 0.15) is 19.4 Å². The molecule has 3 aromatic carbocycles. The number of aliphatic hydroxyl groups excluding tert-OH is 1. The van der Waals surface area contributed by atoms with Crippen LogP contribution in [0.15, 0.2) is 87.6 Å². The average Bonchev–Trinajstić information content (AvgIpc) is 3.16. The van der Waals surface area contributed by atoms with Crippen LogP contribution in [0.2, 0.25) is 0 Å².